The highest BCUT2D eigenvalue weighted by atomic mass is 16.6. The van der Waals surface area contributed by atoms with Crippen LogP contribution in [0.25, 0.3) is 11.1 Å². The molecule has 0 spiro atoms. The van der Waals surface area contributed by atoms with Crippen LogP contribution < -0.4 is 25.0 Å². The Morgan fingerprint density at radius 1 is 0.952 bits per heavy atom. The second-order valence-corrected chi connectivity index (χ2v) is 9.91. The number of aromatic nitrogens is 1. The summed E-state index contributed by atoms with van der Waals surface area (Å²) in [5, 5.41) is 17.6. The number of carbonyl (C=O) groups is 1. The molecule has 0 saturated carbocycles. The summed E-state index contributed by atoms with van der Waals surface area (Å²) in [5.41, 5.74) is 4.96. The highest BCUT2D eigenvalue weighted by Gasteiger charge is 2.21. The summed E-state index contributed by atoms with van der Waals surface area (Å²) >= 11 is 0. The molecule has 214 valence electrons. The van der Waals surface area contributed by atoms with Gasteiger partial charge in [0.05, 0.1) is 60.7 Å². The molecule has 0 unspecified atom stereocenters. The number of pyridine rings is 1. The molecular formula is C31H29N5O6. The summed E-state index contributed by atoms with van der Waals surface area (Å²) in [5.74, 6) is 1.55. The first-order valence-electron chi connectivity index (χ1n) is 13.6. The van der Waals surface area contributed by atoms with Gasteiger partial charge >= 0.3 is 5.69 Å². The maximum atomic E-state index is 13.1. The Kier molecular flexibility index (Phi) is 7.56. The van der Waals surface area contributed by atoms with Crippen LogP contribution in [0.1, 0.15) is 15.9 Å². The van der Waals surface area contributed by atoms with Crippen molar-refractivity contribution >= 4 is 34.5 Å². The number of benzene rings is 3. The number of methoxy groups -OCH3 is 1. The van der Waals surface area contributed by atoms with E-state index >= 15 is 0 Å². The smallest absolute Gasteiger partial charge is 0.310 e. The lowest BCUT2D eigenvalue weighted by Gasteiger charge is -2.27. The molecule has 4 aromatic rings. The van der Waals surface area contributed by atoms with Crippen molar-refractivity contribution in [2.45, 2.75) is 6.42 Å². The van der Waals surface area contributed by atoms with E-state index < -0.39 is 4.92 Å². The van der Waals surface area contributed by atoms with Gasteiger partial charge in [0.25, 0.3) is 5.91 Å². The van der Waals surface area contributed by atoms with E-state index in [2.05, 4.69) is 20.5 Å². The van der Waals surface area contributed by atoms with Crippen LogP contribution in [0.5, 0.6) is 11.5 Å². The van der Waals surface area contributed by atoms with Crippen molar-refractivity contribution < 1.29 is 23.9 Å². The van der Waals surface area contributed by atoms with Gasteiger partial charge in [-0.05, 0) is 65.2 Å². The summed E-state index contributed by atoms with van der Waals surface area (Å²) in [6.45, 7) is 3.54. The third-order valence-corrected chi connectivity index (χ3v) is 7.29. The maximum absolute atomic E-state index is 13.1. The van der Waals surface area contributed by atoms with Gasteiger partial charge in [-0.25, -0.2) is 4.98 Å². The van der Waals surface area contributed by atoms with Crippen LogP contribution in [0.3, 0.4) is 0 Å². The van der Waals surface area contributed by atoms with Gasteiger partial charge in [0, 0.05) is 25.6 Å². The highest BCUT2D eigenvalue weighted by Crippen LogP contribution is 2.37. The zero-order valence-corrected chi connectivity index (χ0v) is 23.0. The number of amides is 1. The van der Waals surface area contributed by atoms with E-state index in [0.29, 0.717) is 48.9 Å². The lowest BCUT2D eigenvalue weighted by atomic mass is 10.0. The molecule has 0 atom stereocenters. The van der Waals surface area contributed by atoms with Gasteiger partial charge in [-0.15, -0.1) is 0 Å². The standard InChI is InChI=1S/C31H29N5O6/c1-40-29-18-22(4-8-28(29)36(38)39)21-3-6-24-26(17-21)33-25-7-2-20(16-27(25)34-31(24)37)10-13-42-23-5-9-30(32-19-23)35-11-14-41-15-12-35/h2-9,16-19,33H,10-15H2,1H3,(H,34,37). The largest absolute Gasteiger partial charge is 0.492 e. The fraction of sp³-hybridized carbons (Fsp3) is 0.226. The molecular weight excluding hydrogens is 538 g/mol. The summed E-state index contributed by atoms with van der Waals surface area (Å²) in [7, 11) is 1.40. The van der Waals surface area contributed by atoms with E-state index in [0.717, 1.165) is 41.3 Å². The zero-order chi connectivity index (χ0) is 29.1. The van der Waals surface area contributed by atoms with Crippen LogP contribution in [0.15, 0.2) is 72.9 Å². The van der Waals surface area contributed by atoms with E-state index in [1.54, 1.807) is 24.4 Å². The normalized spacial score (nSPS) is 14.1. The zero-order valence-electron chi connectivity index (χ0n) is 23.0. The van der Waals surface area contributed by atoms with Gasteiger partial charge < -0.3 is 29.7 Å². The molecule has 2 aliphatic heterocycles. The Balaban J connectivity index is 1.13. The summed E-state index contributed by atoms with van der Waals surface area (Å²) in [4.78, 5) is 30.6. The van der Waals surface area contributed by atoms with Crippen molar-refractivity contribution in [3.8, 4) is 22.6 Å². The van der Waals surface area contributed by atoms with Gasteiger partial charge in [0.2, 0.25) is 0 Å². The number of carbonyl (C=O) groups excluding carboxylic acids is 1. The van der Waals surface area contributed by atoms with E-state index in [9.17, 15) is 14.9 Å². The second kappa shape index (κ2) is 11.8. The highest BCUT2D eigenvalue weighted by molar-refractivity contribution is 6.12. The maximum Gasteiger partial charge on any atom is 0.310 e. The first kappa shape index (κ1) is 27.0. The molecule has 42 heavy (non-hydrogen) atoms. The number of fused-ring (bicyclic) bond motifs is 2. The molecule has 1 amide bonds. The van der Waals surface area contributed by atoms with Crippen LogP contribution >= 0.6 is 0 Å². The third kappa shape index (κ3) is 5.68. The van der Waals surface area contributed by atoms with Crippen LogP contribution in [-0.2, 0) is 11.2 Å². The molecule has 1 aromatic heterocycles. The number of nitrogens with zero attached hydrogens (tertiary/aromatic N) is 3. The number of nitrogens with one attached hydrogen (secondary N) is 2. The molecule has 0 bridgehead atoms. The second-order valence-electron chi connectivity index (χ2n) is 9.91. The lowest BCUT2D eigenvalue weighted by molar-refractivity contribution is -0.385. The molecule has 6 rings (SSSR count). The average Bonchev–Trinajstić information content (AvgIpc) is 3.16. The van der Waals surface area contributed by atoms with Crippen LogP contribution in [-0.4, -0.2) is 55.8 Å². The number of hydrogen-bond donors (Lipinski definition) is 2. The van der Waals surface area contributed by atoms with Crippen LogP contribution in [0.4, 0.5) is 28.6 Å². The van der Waals surface area contributed by atoms with Crippen molar-refractivity contribution in [2.75, 3.05) is 55.6 Å². The van der Waals surface area contributed by atoms with E-state index in [1.165, 1.54) is 13.2 Å². The molecule has 1 fully saturated rings. The number of anilines is 4. The quantitative estimate of drug-likeness (QED) is 0.211. The van der Waals surface area contributed by atoms with E-state index in [4.69, 9.17) is 14.2 Å². The Morgan fingerprint density at radius 2 is 1.76 bits per heavy atom. The van der Waals surface area contributed by atoms with E-state index in [-0.39, 0.29) is 17.3 Å². The summed E-state index contributed by atoms with van der Waals surface area (Å²) in [6.07, 6.45) is 2.39. The first-order chi connectivity index (χ1) is 20.5. The van der Waals surface area contributed by atoms with Gasteiger partial charge in [-0.3, -0.25) is 14.9 Å². The number of rotatable bonds is 8. The predicted octanol–water partition coefficient (Wildman–Crippen LogP) is 5.43. The van der Waals surface area contributed by atoms with Crippen LogP contribution in [0, 0.1) is 10.1 Å². The molecule has 1 saturated heterocycles. The lowest BCUT2D eigenvalue weighted by Crippen LogP contribution is -2.36. The first-order valence-corrected chi connectivity index (χ1v) is 13.6. The Morgan fingerprint density at radius 3 is 2.52 bits per heavy atom. The van der Waals surface area contributed by atoms with Gasteiger partial charge in [0.1, 0.15) is 11.6 Å². The fourth-order valence-corrected chi connectivity index (χ4v) is 5.05. The SMILES string of the molecule is COc1cc(-c2ccc3c(c2)Nc2ccc(CCOc4ccc(N5CCOCC5)nc4)cc2NC3=O)ccc1[N+](=O)[O-]. The molecule has 2 N–H and O–H groups in total. The number of nitro groups is 1. The fourth-order valence-electron chi connectivity index (χ4n) is 5.05. The Labute approximate surface area is 242 Å². The van der Waals surface area contributed by atoms with Crippen molar-refractivity contribution in [1.82, 2.24) is 4.98 Å². The molecule has 11 heteroatoms. The number of morpholine rings is 1. The Bertz CT molecular complexity index is 1640. The minimum atomic E-state index is -0.482. The van der Waals surface area contributed by atoms with Crippen molar-refractivity contribution in [1.29, 1.82) is 0 Å². The third-order valence-electron chi connectivity index (χ3n) is 7.29. The van der Waals surface area contributed by atoms with Crippen molar-refractivity contribution in [2.24, 2.45) is 0 Å². The number of hydrogen-bond acceptors (Lipinski definition) is 9. The van der Waals surface area contributed by atoms with Gasteiger partial charge in [0.15, 0.2) is 5.75 Å². The van der Waals surface area contributed by atoms with Crippen LogP contribution in [0.2, 0.25) is 0 Å². The molecule has 11 nitrogen and oxygen atoms in total. The Hall–Kier alpha value is -5.16. The molecule has 2 aliphatic rings. The predicted molar refractivity (Wildman–Crippen MR) is 159 cm³/mol. The summed E-state index contributed by atoms with van der Waals surface area (Å²) in [6, 6.07) is 19.9. The number of nitro benzene ring substituents is 1. The van der Waals surface area contributed by atoms with Gasteiger partial charge in [-0.2, -0.15) is 0 Å². The number of ether oxygens (including phenoxy) is 3. The molecule has 3 aromatic carbocycles. The van der Waals surface area contributed by atoms with Gasteiger partial charge in [-0.1, -0.05) is 12.1 Å². The van der Waals surface area contributed by atoms with E-state index in [1.807, 2.05) is 42.5 Å². The average molecular weight is 568 g/mol. The molecule has 0 radical (unpaired) electrons. The summed E-state index contributed by atoms with van der Waals surface area (Å²) < 4.78 is 16.5. The minimum absolute atomic E-state index is 0.109. The monoisotopic (exact) mass is 567 g/mol. The molecule has 3 heterocycles. The minimum Gasteiger partial charge on any atom is -0.492 e. The topological polar surface area (TPSA) is 128 Å². The van der Waals surface area contributed by atoms with Crippen molar-refractivity contribution in [3.05, 3.63) is 94.2 Å². The molecule has 0 aliphatic carbocycles. The van der Waals surface area contributed by atoms with Crippen molar-refractivity contribution in [3.63, 3.8) is 0 Å².